The molecule has 102 valence electrons. The lowest BCUT2D eigenvalue weighted by Crippen LogP contribution is -2.40. The molecule has 8 heteroatoms. The molecule has 8 nitrogen and oxygen atoms in total. The first-order valence-corrected chi connectivity index (χ1v) is 5.90. The lowest BCUT2D eigenvalue weighted by molar-refractivity contribution is -0.144. The van der Waals surface area contributed by atoms with E-state index in [0.29, 0.717) is 12.0 Å². The Morgan fingerprint density at radius 2 is 2.37 bits per heavy atom. The van der Waals surface area contributed by atoms with Crippen LogP contribution in [-0.4, -0.2) is 46.7 Å². The fraction of sp³-hybridized carbons (Fsp3) is 0.636. The highest BCUT2D eigenvalue weighted by atomic mass is 16.5. The molecule has 2 aliphatic heterocycles. The summed E-state index contributed by atoms with van der Waals surface area (Å²) in [6, 6.07) is -0.515. The molecular formula is C11H14N4O4. The highest BCUT2D eigenvalue weighted by Crippen LogP contribution is 2.28. The maximum Gasteiger partial charge on any atom is 0.236 e. The van der Waals surface area contributed by atoms with E-state index >= 15 is 0 Å². The smallest absolute Gasteiger partial charge is 0.236 e. The lowest BCUT2D eigenvalue weighted by atomic mass is 10.1. The molecule has 1 saturated heterocycles. The van der Waals surface area contributed by atoms with Crippen molar-refractivity contribution >= 4 is 11.7 Å². The van der Waals surface area contributed by atoms with Gasteiger partial charge in [0.05, 0.1) is 25.2 Å². The van der Waals surface area contributed by atoms with Crippen LogP contribution in [0.1, 0.15) is 19.8 Å². The zero-order chi connectivity index (χ0) is 14.0. The minimum atomic E-state index is -0.625. The predicted molar refractivity (Wildman–Crippen MR) is 63.5 cm³/mol. The van der Waals surface area contributed by atoms with Gasteiger partial charge in [-0.05, 0) is 12.5 Å². The Bertz CT molecular complexity index is 483. The third-order valence-corrected chi connectivity index (χ3v) is 3.27. The van der Waals surface area contributed by atoms with Crippen LogP contribution >= 0.6 is 0 Å². The highest BCUT2D eigenvalue weighted by molar-refractivity contribution is 6.09. The summed E-state index contributed by atoms with van der Waals surface area (Å²) in [4.78, 5) is 27.2. The first kappa shape index (κ1) is 13.5. The van der Waals surface area contributed by atoms with Gasteiger partial charge < -0.3 is 9.84 Å². The van der Waals surface area contributed by atoms with Crippen molar-refractivity contribution in [3.63, 3.8) is 0 Å². The summed E-state index contributed by atoms with van der Waals surface area (Å²) in [5.74, 6) is -0.552. The standard InChI is InChI=1S/C11H14N4O4/c1-6-4-15(10(18)3-8(6)17)11-2-7(13-14-12)9(5-16)19-11/h4,7,9,11,16H,2-3,5H2,1H3. The topological polar surface area (TPSA) is 116 Å². The molecule has 1 N–H and O–H groups in total. The summed E-state index contributed by atoms with van der Waals surface area (Å²) in [5, 5.41) is 12.7. The fourth-order valence-electron chi connectivity index (χ4n) is 2.20. The molecule has 3 atom stereocenters. The van der Waals surface area contributed by atoms with Crippen molar-refractivity contribution in [3.05, 3.63) is 22.2 Å². The first-order chi connectivity index (χ1) is 9.06. The minimum absolute atomic E-state index is 0.182. The van der Waals surface area contributed by atoms with Gasteiger partial charge in [0.1, 0.15) is 6.23 Å². The van der Waals surface area contributed by atoms with Gasteiger partial charge in [-0.3, -0.25) is 14.5 Å². The van der Waals surface area contributed by atoms with Gasteiger partial charge in [0.15, 0.2) is 5.78 Å². The predicted octanol–water partition coefficient (Wildman–Crippen LogP) is 0.478. The number of aliphatic hydroxyl groups excluding tert-OH is 1. The Kier molecular flexibility index (Phi) is 3.84. The molecule has 0 spiro atoms. The SMILES string of the molecule is CC1=CN(C2CC(N=[N+]=[N-])C(CO)O2)C(=O)CC1=O. The Hall–Kier alpha value is -1.89. The molecule has 0 aromatic heterocycles. The van der Waals surface area contributed by atoms with E-state index in [2.05, 4.69) is 10.0 Å². The molecule has 0 aromatic carbocycles. The number of allylic oxidation sites excluding steroid dienone is 1. The molecule has 2 heterocycles. The van der Waals surface area contributed by atoms with Crippen LogP contribution in [0.25, 0.3) is 10.4 Å². The van der Waals surface area contributed by atoms with Crippen LogP contribution < -0.4 is 0 Å². The van der Waals surface area contributed by atoms with E-state index in [0.717, 1.165) is 0 Å². The molecule has 2 rings (SSSR count). The van der Waals surface area contributed by atoms with E-state index < -0.39 is 18.4 Å². The maximum atomic E-state index is 11.8. The largest absolute Gasteiger partial charge is 0.394 e. The van der Waals surface area contributed by atoms with Gasteiger partial charge in [-0.1, -0.05) is 5.11 Å². The molecule has 1 fully saturated rings. The Labute approximate surface area is 109 Å². The number of aliphatic hydroxyl groups is 1. The zero-order valence-corrected chi connectivity index (χ0v) is 10.4. The number of carbonyl (C=O) groups is 2. The Morgan fingerprint density at radius 3 is 3.00 bits per heavy atom. The van der Waals surface area contributed by atoms with Gasteiger partial charge in [-0.2, -0.15) is 0 Å². The van der Waals surface area contributed by atoms with Crippen LogP contribution in [0.4, 0.5) is 0 Å². The molecule has 3 unspecified atom stereocenters. The van der Waals surface area contributed by atoms with E-state index in [1.807, 2.05) is 0 Å². The average molecular weight is 266 g/mol. The third-order valence-electron chi connectivity index (χ3n) is 3.27. The van der Waals surface area contributed by atoms with Crippen molar-refractivity contribution in [3.8, 4) is 0 Å². The summed E-state index contributed by atoms with van der Waals surface area (Å²) in [5.41, 5.74) is 8.93. The number of amides is 1. The molecule has 1 amide bonds. The first-order valence-electron chi connectivity index (χ1n) is 5.90. The Morgan fingerprint density at radius 1 is 1.63 bits per heavy atom. The second-order valence-electron chi connectivity index (χ2n) is 4.53. The molecule has 0 saturated carbocycles. The number of carbonyl (C=O) groups excluding carboxylic acids is 2. The van der Waals surface area contributed by atoms with Crippen molar-refractivity contribution in [2.24, 2.45) is 5.11 Å². The number of Topliss-reactive ketones (excluding diaryl/α,β-unsaturated/α-hetero) is 1. The van der Waals surface area contributed by atoms with Crippen LogP contribution in [0, 0.1) is 0 Å². The van der Waals surface area contributed by atoms with Crippen LogP contribution in [0.3, 0.4) is 0 Å². The average Bonchev–Trinajstić information content (AvgIpc) is 2.77. The third kappa shape index (κ3) is 2.60. The molecular weight excluding hydrogens is 252 g/mol. The molecule has 0 radical (unpaired) electrons. The number of nitrogens with zero attached hydrogens (tertiary/aromatic N) is 4. The van der Waals surface area contributed by atoms with Crippen LogP contribution in [0.15, 0.2) is 16.9 Å². The maximum absolute atomic E-state index is 11.8. The minimum Gasteiger partial charge on any atom is -0.394 e. The molecule has 0 aromatic rings. The van der Waals surface area contributed by atoms with Gasteiger partial charge in [0, 0.05) is 23.1 Å². The second kappa shape index (κ2) is 5.40. The number of hydrogen-bond donors (Lipinski definition) is 1. The van der Waals surface area contributed by atoms with Gasteiger partial charge in [0.25, 0.3) is 0 Å². The fourth-order valence-corrected chi connectivity index (χ4v) is 2.20. The number of hydrogen-bond acceptors (Lipinski definition) is 5. The van der Waals surface area contributed by atoms with E-state index in [9.17, 15) is 9.59 Å². The van der Waals surface area contributed by atoms with Crippen LogP contribution in [-0.2, 0) is 14.3 Å². The van der Waals surface area contributed by atoms with Crippen molar-refractivity contribution < 1.29 is 19.4 Å². The highest BCUT2D eigenvalue weighted by Gasteiger charge is 2.40. The van der Waals surface area contributed by atoms with E-state index in [1.165, 1.54) is 11.1 Å². The van der Waals surface area contributed by atoms with E-state index in [-0.39, 0.29) is 24.7 Å². The number of azide groups is 1. The molecule has 0 bridgehead atoms. The number of ether oxygens (including phenoxy) is 1. The quantitative estimate of drug-likeness (QED) is 0.346. The summed E-state index contributed by atoms with van der Waals surface area (Å²) in [7, 11) is 0. The molecule has 2 aliphatic rings. The molecule has 19 heavy (non-hydrogen) atoms. The summed E-state index contributed by atoms with van der Waals surface area (Å²) in [6.07, 6.45) is 0.339. The second-order valence-corrected chi connectivity index (χ2v) is 4.53. The number of rotatable bonds is 3. The van der Waals surface area contributed by atoms with Crippen molar-refractivity contribution in [2.45, 2.75) is 38.1 Å². The van der Waals surface area contributed by atoms with E-state index in [1.54, 1.807) is 6.92 Å². The normalized spacial score (nSPS) is 31.2. The van der Waals surface area contributed by atoms with Gasteiger partial charge in [-0.25, -0.2) is 0 Å². The van der Waals surface area contributed by atoms with Crippen LogP contribution in [0.5, 0.6) is 0 Å². The summed E-state index contributed by atoms with van der Waals surface area (Å²) < 4.78 is 5.50. The zero-order valence-electron chi connectivity index (χ0n) is 10.4. The lowest BCUT2D eigenvalue weighted by Gasteiger charge is -2.28. The molecule has 0 aliphatic carbocycles. The van der Waals surface area contributed by atoms with E-state index in [4.69, 9.17) is 15.4 Å². The van der Waals surface area contributed by atoms with Crippen molar-refractivity contribution in [2.75, 3.05) is 6.61 Å². The van der Waals surface area contributed by atoms with Crippen molar-refractivity contribution in [1.29, 1.82) is 0 Å². The van der Waals surface area contributed by atoms with Crippen LogP contribution in [0.2, 0.25) is 0 Å². The summed E-state index contributed by atoms with van der Waals surface area (Å²) >= 11 is 0. The van der Waals surface area contributed by atoms with Gasteiger partial charge in [0.2, 0.25) is 5.91 Å². The van der Waals surface area contributed by atoms with Gasteiger partial charge >= 0.3 is 0 Å². The summed E-state index contributed by atoms with van der Waals surface area (Å²) in [6.45, 7) is 1.34. The monoisotopic (exact) mass is 266 g/mol. The van der Waals surface area contributed by atoms with Crippen molar-refractivity contribution in [1.82, 2.24) is 4.90 Å². The van der Waals surface area contributed by atoms with Gasteiger partial charge in [-0.15, -0.1) is 0 Å². The number of ketones is 1. The Balaban J connectivity index is 2.17.